The molecule has 1 aromatic carbocycles. The second-order valence-corrected chi connectivity index (χ2v) is 5.57. The van der Waals surface area contributed by atoms with Crippen molar-refractivity contribution in [1.82, 2.24) is 15.5 Å². The molecule has 0 saturated heterocycles. The summed E-state index contributed by atoms with van der Waals surface area (Å²) in [4.78, 5) is 2.16. The molecule has 2 heterocycles. The third-order valence-electron chi connectivity index (χ3n) is 3.98. The molecule has 5 nitrogen and oxygen atoms in total. The molecule has 0 spiro atoms. The van der Waals surface area contributed by atoms with Crippen molar-refractivity contribution >= 4 is 6.01 Å². The van der Waals surface area contributed by atoms with Crippen molar-refractivity contribution in [1.29, 1.82) is 0 Å². The fourth-order valence-electron chi connectivity index (χ4n) is 2.62. The number of aromatic nitrogens is 2. The third kappa shape index (κ3) is 2.41. The molecule has 0 bridgehead atoms. The number of nitrogens with zero attached hydrogens (tertiary/aromatic N) is 3. The van der Waals surface area contributed by atoms with Crippen LogP contribution < -0.4 is 10.2 Å². The van der Waals surface area contributed by atoms with Gasteiger partial charge in [0.05, 0.1) is 6.54 Å². The lowest BCUT2D eigenvalue weighted by molar-refractivity contribution is 0.456. The average molecular weight is 270 g/mol. The van der Waals surface area contributed by atoms with Gasteiger partial charge in [0.25, 0.3) is 0 Å². The number of rotatable bonds is 4. The monoisotopic (exact) mass is 270 g/mol. The van der Waals surface area contributed by atoms with Crippen molar-refractivity contribution in [2.45, 2.75) is 38.4 Å². The highest BCUT2D eigenvalue weighted by Crippen LogP contribution is 2.24. The molecule has 20 heavy (non-hydrogen) atoms. The first-order valence-corrected chi connectivity index (χ1v) is 7.26. The van der Waals surface area contributed by atoms with Crippen molar-refractivity contribution in [3.63, 3.8) is 0 Å². The van der Waals surface area contributed by atoms with Gasteiger partial charge >= 0.3 is 6.01 Å². The lowest BCUT2D eigenvalue weighted by Gasteiger charge is -2.26. The summed E-state index contributed by atoms with van der Waals surface area (Å²) in [6.07, 6.45) is 3.57. The van der Waals surface area contributed by atoms with Crippen molar-refractivity contribution in [2.75, 3.05) is 11.4 Å². The van der Waals surface area contributed by atoms with E-state index in [1.54, 1.807) is 0 Å². The topological polar surface area (TPSA) is 54.2 Å². The maximum atomic E-state index is 5.76. The summed E-state index contributed by atoms with van der Waals surface area (Å²) in [5.74, 6) is 0.686. The van der Waals surface area contributed by atoms with Gasteiger partial charge in [-0.3, -0.25) is 0 Å². The SMILES string of the molecule is c1ccc2c(c1)CCN(c1nnc(CNC3CC3)o1)C2. The van der Waals surface area contributed by atoms with Gasteiger partial charge in [0.1, 0.15) is 0 Å². The Balaban J connectivity index is 1.45. The van der Waals surface area contributed by atoms with E-state index in [0.717, 1.165) is 19.5 Å². The molecule has 0 radical (unpaired) electrons. The molecule has 0 atom stereocenters. The molecule has 2 aromatic rings. The minimum Gasteiger partial charge on any atom is -0.407 e. The maximum Gasteiger partial charge on any atom is 0.318 e. The van der Waals surface area contributed by atoms with Crippen LogP contribution in [0.3, 0.4) is 0 Å². The second kappa shape index (κ2) is 4.90. The molecule has 104 valence electrons. The van der Waals surface area contributed by atoms with Crippen LogP contribution in [0.25, 0.3) is 0 Å². The summed E-state index contributed by atoms with van der Waals surface area (Å²) in [5.41, 5.74) is 2.79. The van der Waals surface area contributed by atoms with Gasteiger partial charge in [0, 0.05) is 19.1 Å². The van der Waals surface area contributed by atoms with Crippen molar-refractivity contribution in [2.24, 2.45) is 0 Å². The molecule has 1 aliphatic heterocycles. The Kier molecular flexibility index (Phi) is 2.92. The second-order valence-electron chi connectivity index (χ2n) is 5.57. The van der Waals surface area contributed by atoms with E-state index in [1.165, 1.54) is 24.0 Å². The Hall–Kier alpha value is -1.88. The highest BCUT2D eigenvalue weighted by Gasteiger charge is 2.23. The summed E-state index contributed by atoms with van der Waals surface area (Å²) in [6.45, 7) is 2.48. The van der Waals surface area contributed by atoms with E-state index in [-0.39, 0.29) is 0 Å². The molecule has 4 rings (SSSR count). The van der Waals surface area contributed by atoms with Crippen molar-refractivity contribution in [3.8, 4) is 0 Å². The Morgan fingerprint density at radius 3 is 2.90 bits per heavy atom. The summed E-state index contributed by atoms with van der Waals surface area (Å²) in [7, 11) is 0. The lowest BCUT2D eigenvalue weighted by Crippen LogP contribution is -2.30. The van der Waals surface area contributed by atoms with E-state index in [9.17, 15) is 0 Å². The molecule has 1 aromatic heterocycles. The van der Waals surface area contributed by atoms with Gasteiger partial charge in [-0.15, -0.1) is 5.10 Å². The van der Waals surface area contributed by atoms with Crippen LogP contribution in [-0.4, -0.2) is 22.8 Å². The van der Waals surface area contributed by atoms with Crippen LogP contribution in [0.1, 0.15) is 29.9 Å². The van der Waals surface area contributed by atoms with Gasteiger partial charge in [0.15, 0.2) is 0 Å². The zero-order chi connectivity index (χ0) is 13.4. The average Bonchev–Trinajstić information content (AvgIpc) is 3.21. The number of hydrogen-bond donors (Lipinski definition) is 1. The van der Waals surface area contributed by atoms with Gasteiger partial charge in [-0.05, 0) is 30.4 Å². The summed E-state index contributed by atoms with van der Waals surface area (Å²) in [5, 5.41) is 11.7. The smallest absolute Gasteiger partial charge is 0.318 e. The van der Waals surface area contributed by atoms with E-state index < -0.39 is 0 Å². The fourth-order valence-corrected chi connectivity index (χ4v) is 2.62. The number of anilines is 1. The summed E-state index contributed by atoms with van der Waals surface area (Å²) in [6, 6.07) is 9.86. The zero-order valence-corrected chi connectivity index (χ0v) is 11.4. The first kappa shape index (κ1) is 11.9. The minimum atomic E-state index is 0.645. The first-order chi connectivity index (χ1) is 9.88. The Labute approximate surface area is 118 Å². The van der Waals surface area contributed by atoms with E-state index in [4.69, 9.17) is 4.42 Å². The molecular weight excluding hydrogens is 252 g/mol. The first-order valence-electron chi connectivity index (χ1n) is 7.26. The molecule has 1 fully saturated rings. The number of hydrogen-bond acceptors (Lipinski definition) is 5. The zero-order valence-electron chi connectivity index (χ0n) is 11.4. The number of nitrogens with one attached hydrogen (secondary N) is 1. The molecule has 1 aliphatic carbocycles. The summed E-state index contributed by atoms with van der Waals surface area (Å²) >= 11 is 0. The predicted molar refractivity (Wildman–Crippen MR) is 75.4 cm³/mol. The van der Waals surface area contributed by atoms with Crippen LogP contribution in [0.15, 0.2) is 28.7 Å². The van der Waals surface area contributed by atoms with Gasteiger partial charge < -0.3 is 14.6 Å². The summed E-state index contributed by atoms with van der Waals surface area (Å²) < 4.78 is 5.76. The molecular formula is C15H18N4O. The minimum absolute atomic E-state index is 0.645. The van der Waals surface area contributed by atoms with Crippen LogP contribution in [0.2, 0.25) is 0 Å². The Bertz CT molecular complexity index is 605. The van der Waals surface area contributed by atoms with Crippen molar-refractivity contribution in [3.05, 3.63) is 41.3 Å². The molecule has 1 saturated carbocycles. The number of fused-ring (bicyclic) bond motifs is 1. The van der Waals surface area contributed by atoms with E-state index in [0.29, 0.717) is 24.5 Å². The van der Waals surface area contributed by atoms with Crippen LogP contribution in [0, 0.1) is 0 Å². The molecule has 0 amide bonds. The van der Waals surface area contributed by atoms with Gasteiger partial charge in [0.2, 0.25) is 5.89 Å². The predicted octanol–water partition coefficient (Wildman–Crippen LogP) is 1.88. The normalized spacial score (nSPS) is 18.1. The van der Waals surface area contributed by atoms with Crippen LogP contribution in [0.5, 0.6) is 0 Å². The van der Waals surface area contributed by atoms with Gasteiger partial charge in [-0.25, -0.2) is 0 Å². The Morgan fingerprint density at radius 2 is 2.05 bits per heavy atom. The van der Waals surface area contributed by atoms with Crippen LogP contribution in [0.4, 0.5) is 6.01 Å². The quantitative estimate of drug-likeness (QED) is 0.919. The van der Waals surface area contributed by atoms with E-state index >= 15 is 0 Å². The van der Waals surface area contributed by atoms with Crippen LogP contribution in [-0.2, 0) is 19.5 Å². The third-order valence-corrected chi connectivity index (χ3v) is 3.98. The molecule has 2 aliphatic rings. The van der Waals surface area contributed by atoms with Gasteiger partial charge in [-0.2, -0.15) is 0 Å². The standard InChI is InChI=1S/C15H18N4O/c1-2-4-12-10-19(8-7-11(12)3-1)15-18-17-14(20-15)9-16-13-5-6-13/h1-4,13,16H,5-10H2. The Morgan fingerprint density at radius 1 is 1.20 bits per heavy atom. The highest BCUT2D eigenvalue weighted by molar-refractivity contribution is 5.37. The fraction of sp³-hybridized carbons (Fsp3) is 0.467. The van der Waals surface area contributed by atoms with Gasteiger partial charge in [-0.1, -0.05) is 29.4 Å². The van der Waals surface area contributed by atoms with Crippen LogP contribution >= 0.6 is 0 Å². The molecule has 5 heteroatoms. The van der Waals surface area contributed by atoms with E-state index in [1.807, 2.05) is 0 Å². The lowest BCUT2D eigenvalue weighted by atomic mass is 10.0. The molecule has 1 N–H and O–H groups in total. The van der Waals surface area contributed by atoms with E-state index in [2.05, 4.69) is 44.7 Å². The van der Waals surface area contributed by atoms with Crippen molar-refractivity contribution < 1.29 is 4.42 Å². The largest absolute Gasteiger partial charge is 0.407 e. The maximum absolute atomic E-state index is 5.76. The number of benzene rings is 1. The molecule has 0 unspecified atom stereocenters. The highest BCUT2D eigenvalue weighted by atomic mass is 16.4.